The second-order valence-corrected chi connectivity index (χ2v) is 6.82. The fourth-order valence-electron chi connectivity index (χ4n) is 1.11. The molecule has 0 atom stereocenters. The minimum absolute atomic E-state index is 0.0686. The van der Waals surface area contributed by atoms with Gasteiger partial charge >= 0.3 is 7.82 Å². The molecule has 0 radical (unpaired) electrons. The number of hydrogen-bond acceptors (Lipinski definition) is 4. The second-order valence-electron chi connectivity index (χ2n) is 3.12. The maximum atomic E-state index is 11.9. The van der Waals surface area contributed by atoms with Crippen LogP contribution >= 0.6 is 58.6 Å². The Hall–Kier alpha value is 0.260. The molecule has 0 aliphatic rings. The molecule has 0 saturated heterocycles. The summed E-state index contributed by atoms with van der Waals surface area (Å²) in [6.45, 7) is 0. The van der Waals surface area contributed by atoms with Crippen LogP contribution in [-0.2, 0) is 18.1 Å². The first-order valence-corrected chi connectivity index (χ1v) is 8.18. The number of benzene rings is 1. The first-order chi connectivity index (χ1) is 8.86. The third-order valence-corrected chi connectivity index (χ3v) is 4.92. The molecule has 1 aromatic carbocycles. The van der Waals surface area contributed by atoms with Crippen LogP contribution in [-0.4, -0.2) is 14.2 Å². The highest BCUT2D eigenvalue weighted by molar-refractivity contribution is 9.10. The molecule has 19 heavy (non-hydrogen) atoms. The van der Waals surface area contributed by atoms with Gasteiger partial charge in [0.25, 0.3) is 0 Å². The maximum Gasteiger partial charge on any atom is 0.529 e. The minimum atomic E-state index is -3.72. The summed E-state index contributed by atoms with van der Waals surface area (Å²) >= 11 is 20.7. The number of phosphoric acid groups is 1. The van der Waals surface area contributed by atoms with E-state index in [2.05, 4.69) is 25.0 Å². The Kier molecular flexibility index (Phi) is 6.67. The Labute approximate surface area is 134 Å². The van der Waals surface area contributed by atoms with E-state index in [0.717, 1.165) is 5.54 Å². The molecule has 9 heteroatoms. The average Bonchev–Trinajstić information content (AvgIpc) is 2.40. The zero-order valence-corrected chi connectivity index (χ0v) is 14.6. The zero-order valence-electron chi connectivity index (χ0n) is 9.82. The lowest BCUT2D eigenvalue weighted by Crippen LogP contribution is -1.96. The normalized spacial score (nSPS) is 12.6. The van der Waals surface area contributed by atoms with E-state index in [1.54, 1.807) is 6.07 Å². The molecular weight excluding hydrogens is 401 g/mol. The number of hydrogen-bond donors (Lipinski definition) is 0. The van der Waals surface area contributed by atoms with Crippen molar-refractivity contribution in [2.24, 2.45) is 0 Å². The molecule has 0 fully saturated rings. The van der Waals surface area contributed by atoms with Crippen molar-refractivity contribution >= 4 is 64.3 Å². The monoisotopic (exact) mass is 408 g/mol. The first-order valence-electron chi connectivity index (χ1n) is 4.73. The summed E-state index contributed by atoms with van der Waals surface area (Å²) in [5.74, 6) is 0.0686. The lowest BCUT2D eigenvalue weighted by molar-refractivity contribution is 0.201. The molecular formula is C10H9BrCl3O4P. The van der Waals surface area contributed by atoms with E-state index < -0.39 is 7.82 Å². The summed E-state index contributed by atoms with van der Waals surface area (Å²) in [7, 11) is -1.33. The van der Waals surface area contributed by atoms with Crippen molar-refractivity contribution in [3.63, 3.8) is 0 Å². The fraction of sp³-hybridized carbons (Fsp3) is 0.200. The van der Waals surface area contributed by atoms with Crippen LogP contribution in [0.1, 0.15) is 5.56 Å². The van der Waals surface area contributed by atoms with Gasteiger partial charge in [0.05, 0.1) is 10.0 Å². The topological polar surface area (TPSA) is 44.8 Å². The number of rotatable bonds is 5. The fourth-order valence-corrected chi connectivity index (χ4v) is 3.02. The molecule has 0 saturated carbocycles. The van der Waals surface area contributed by atoms with Crippen LogP contribution in [0.25, 0.3) is 5.76 Å². The smallest absolute Gasteiger partial charge is 0.402 e. The quantitative estimate of drug-likeness (QED) is 0.354. The van der Waals surface area contributed by atoms with Crippen LogP contribution in [0.5, 0.6) is 0 Å². The molecule has 0 aliphatic carbocycles. The van der Waals surface area contributed by atoms with Gasteiger partial charge in [-0.05, 0) is 28.1 Å². The van der Waals surface area contributed by atoms with Gasteiger partial charge < -0.3 is 4.52 Å². The number of phosphoric ester groups is 1. The van der Waals surface area contributed by atoms with E-state index in [0.29, 0.717) is 20.1 Å². The predicted octanol–water partition coefficient (Wildman–Crippen LogP) is 5.71. The molecule has 0 N–H and O–H groups in total. The highest BCUT2D eigenvalue weighted by Crippen LogP contribution is 2.52. The zero-order chi connectivity index (χ0) is 14.6. The molecule has 0 unspecified atom stereocenters. The van der Waals surface area contributed by atoms with Gasteiger partial charge in [0.2, 0.25) is 0 Å². The van der Waals surface area contributed by atoms with E-state index in [4.69, 9.17) is 39.3 Å². The summed E-state index contributed by atoms with van der Waals surface area (Å²) in [6.07, 6.45) is 0. The largest absolute Gasteiger partial charge is 0.529 e. The Morgan fingerprint density at radius 1 is 1.26 bits per heavy atom. The summed E-state index contributed by atoms with van der Waals surface area (Å²) in [4.78, 5) is 0. The third-order valence-electron chi connectivity index (χ3n) is 2.03. The number of halogens is 4. The molecule has 1 rings (SSSR count). The third kappa shape index (κ3) is 4.36. The lowest BCUT2D eigenvalue weighted by Gasteiger charge is -2.17. The molecule has 1 aromatic rings. The van der Waals surface area contributed by atoms with Crippen LogP contribution in [0.4, 0.5) is 0 Å². The average molecular weight is 410 g/mol. The van der Waals surface area contributed by atoms with Crippen LogP contribution in [0.2, 0.25) is 10.0 Å². The SMILES string of the molecule is COP(=O)(OC)OC(=CCl)c1cc(Cl)c(Cl)cc1Br. The summed E-state index contributed by atoms with van der Waals surface area (Å²) in [5.41, 5.74) is 1.55. The summed E-state index contributed by atoms with van der Waals surface area (Å²) in [5, 5.41) is 0.650. The van der Waals surface area contributed by atoms with Crippen LogP contribution in [0.3, 0.4) is 0 Å². The van der Waals surface area contributed by atoms with Crippen molar-refractivity contribution in [2.45, 2.75) is 0 Å². The van der Waals surface area contributed by atoms with E-state index >= 15 is 0 Å². The van der Waals surface area contributed by atoms with Crippen molar-refractivity contribution in [1.82, 2.24) is 0 Å². The van der Waals surface area contributed by atoms with Gasteiger partial charge in [0, 0.05) is 29.8 Å². The highest BCUT2D eigenvalue weighted by atomic mass is 79.9. The lowest BCUT2D eigenvalue weighted by atomic mass is 10.2. The van der Waals surface area contributed by atoms with Crippen LogP contribution in [0, 0.1) is 0 Å². The van der Waals surface area contributed by atoms with Crippen LogP contribution in [0.15, 0.2) is 22.1 Å². The standard InChI is InChI=1S/C10H9BrCl3O4P/c1-16-19(15,17-2)18-10(5-12)6-3-8(13)9(14)4-7(6)11/h3-5H,1-2H3. The van der Waals surface area contributed by atoms with Crippen molar-refractivity contribution in [1.29, 1.82) is 0 Å². The van der Waals surface area contributed by atoms with Gasteiger partial charge in [-0.25, -0.2) is 4.57 Å². The van der Waals surface area contributed by atoms with Crippen molar-refractivity contribution in [2.75, 3.05) is 14.2 Å². The predicted molar refractivity (Wildman–Crippen MR) is 80.7 cm³/mol. The molecule has 106 valence electrons. The second kappa shape index (κ2) is 7.32. The molecule has 0 aliphatic heterocycles. The Morgan fingerprint density at radius 3 is 2.26 bits per heavy atom. The van der Waals surface area contributed by atoms with E-state index in [1.807, 2.05) is 0 Å². The van der Waals surface area contributed by atoms with Crippen molar-refractivity contribution in [3.05, 3.63) is 37.7 Å². The minimum Gasteiger partial charge on any atom is -0.402 e. The van der Waals surface area contributed by atoms with Gasteiger partial charge in [-0.3, -0.25) is 9.05 Å². The van der Waals surface area contributed by atoms with Gasteiger partial charge in [0.1, 0.15) is 0 Å². The Bertz CT molecular complexity index is 542. The van der Waals surface area contributed by atoms with Gasteiger partial charge in [-0.15, -0.1) is 0 Å². The molecule has 0 aromatic heterocycles. The van der Waals surface area contributed by atoms with Crippen molar-refractivity contribution < 1.29 is 18.1 Å². The van der Waals surface area contributed by atoms with Crippen molar-refractivity contribution in [3.8, 4) is 0 Å². The molecule has 0 heterocycles. The van der Waals surface area contributed by atoms with E-state index in [9.17, 15) is 4.57 Å². The summed E-state index contributed by atoms with van der Waals surface area (Å²) < 4.78 is 27.0. The Morgan fingerprint density at radius 2 is 1.79 bits per heavy atom. The molecule has 4 nitrogen and oxygen atoms in total. The van der Waals surface area contributed by atoms with E-state index in [-0.39, 0.29) is 5.76 Å². The van der Waals surface area contributed by atoms with E-state index in [1.165, 1.54) is 20.3 Å². The molecule has 0 spiro atoms. The van der Waals surface area contributed by atoms with Gasteiger partial charge in [0.15, 0.2) is 5.76 Å². The van der Waals surface area contributed by atoms with Gasteiger partial charge in [-0.1, -0.05) is 34.8 Å². The molecule has 0 bridgehead atoms. The highest BCUT2D eigenvalue weighted by Gasteiger charge is 2.27. The Balaban J connectivity index is 3.20. The molecule has 0 amide bonds. The van der Waals surface area contributed by atoms with Crippen LogP contribution < -0.4 is 0 Å². The van der Waals surface area contributed by atoms with Gasteiger partial charge in [-0.2, -0.15) is 0 Å². The first kappa shape index (κ1) is 17.3. The maximum absolute atomic E-state index is 11.9. The summed E-state index contributed by atoms with van der Waals surface area (Å²) in [6, 6.07) is 3.07.